The first-order valence-corrected chi connectivity index (χ1v) is 21.8. The van der Waals surface area contributed by atoms with Gasteiger partial charge in [0.25, 0.3) is 0 Å². The third-order valence-corrected chi connectivity index (χ3v) is 12.5. The number of rotatable bonds is 8. The van der Waals surface area contributed by atoms with Gasteiger partial charge in [0.15, 0.2) is 5.58 Å². The molecule has 0 unspecified atom stereocenters. The Balaban J connectivity index is 0.963. The van der Waals surface area contributed by atoms with Crippen LogP contribution in [0.5, 0.6) is 0 Å². The lowest BCUT2D eigenvalue weighted by molar-refractivity contribution is 0.623. The van der Waals surface area contributed by atoms with Gasteiger partial charge in [-0.15, -0.1) is 0 Å². The molecule has 0 fully saturated rings. The van der Waals surface area contributed by atoms with Crippen molar-refractivity contribution in [2.45, 2.75) is 0 Å². The van der Waals surface area contributed by atoms with Crippen molar-refractivity contribution >= 4 is 60.5 Å². The fourth-order valence-electron chi connectivity index (χ4n) is 9.24. The van der Waals surface area contributed by atoms with Crippen LogP contribution in [-0.4, -0.2) is 4.98 Å². The normalized spacial score (nSPS) is 11.4. The molecule has 1 aromatic heterocycles. The van der Waals surface area contributed by atoms with Crippen LogP contribution < -0.4 is 4.90 Å². The minimum absolute atomic E-state index is 0.618. The highest BCUT2D eigenvalue weighted by Gasteiger charge is 2.20. The van der Waals surface area contributed by atoms with E-state index in [1.54, 1.807) is 0 Å². The molecule has 12 rings (SSSR count). The van der Waals surface area contributed by atoms with Crippen molar-refractivity contribution in [1.82, 2.24) is 4.98 Å². The first kappa shape index (κ1) is 37.2. The Bertz CT molecular complexity index is 3660. The molecule has 11 aromatic carbocycles. The van der Waals surface area contributed by atoms with E-state index >= 15 is 0 Å². The number of para-hydroxylation sites is 1. The van der Waals surface area contributed by atoms with Crippen LogP contribution in [0.15, 0.2) is 247 Å². The summed E-state index contributed by atoms with van der Waals surface area (Å²) in [4.78, 5) is 7.48. The summed E-state index contributed by atoms with van der Waals surface area (Å²) in [5, 5.41) is 6.99. The molecule has 0 atom stereocenters. The Hall–Kier alpha value is -8.53. The molecule has 0 aliphatic heterocycles. The van der Waals surface area contributed by atoms with Gasteiger partial charge in [0.2, 0.25) is 5.89 Å². The number of hydrogen-bond donors (Lipinski definition) is 0. The fraction of sp³-hybridized carbons (Fsp3) is 0. The molecule has 0 saturated carbocycles. The summed E-state index contributed by atoms with van der Waals surface area (Å²) in [5.41, 5.74) is 15.0. The standard InChI is InChI=1S/C61H40N2O/c1-2-13-41(14-3-1)44-29-33-52(34-30-44)63(53-35-31-45(32-36-53)48-27-25-42-15-4-6-17-46(42)37-48)59-24-11-10-21-54(59)49-19-12-20-50(39-49)57-40-58-60(56-23-9-8-22-55(56)57)64-61(62-58)51-28-26-43-16-5-7-18-47(43)38-51/h1-40H. The number of anilines is 3. The molecule has 3 heteroatoms. The minimum Gasteiger partial charge on any atom is -0.435 e. The second kappa shape index (κ2) is 15.7. The van der Waals surface area contributed by atoms with Gasteiger partial charge in [0, 0.05) is 27.9 Å². The molecular formula is C61H40N2O. The second-order valence-corrected chi connectivity index (χ2v) is 16.4. The molecule has 12 aromatic rings. The molecule has 1 heterocycles. The number of fused-ring (bicyclic) bond motifs is 5. The summed E-state index contributed by atoms with van der Waals surface area (Å²) in [5.74, 6) is 0.618. The average Bonchev–Trinajstić information content (AvgIpc) is 3.82. The monoisotopic (exact) mass is 816 g/mol. The predicted octanol–water partition coefficient (Wildman–Crippen LogP) is 17.1. The van der Waals surface area contributed by atoms with E-state index in [1.165, 1.54) is 38.4 Å². The van der Waals surface area contributed by atoms with Crippen molar-refractivity contribution in [2.75, 3.05) is 4.90 Å². The lowest BCUT2D eigenvalue weighted by Gasteiger charge is -2.28. The highest BCUT2D eigenvalue weighted by molar-refractivity contribution is 6.11. The van der Waals surface area contributed by atoms with Crippen molar-refractivity contribution in [3.63, 3.8) is 0 Å². The van der Waals surface area contributed by atoms with Gasteiger partial charge in [-0.3, -0.25) is 0 Å². The van der Waals surface area contributed by atoms with E-state index in [1.807, 2.05) is 0 Å². The maximum atomic E-state index is 6.59. The van der Waals surface area contributed by atoms with Crippen molar-refractivity contribution in [2.24, 2.45) is 0 Å². The van der Waals surface area contributed by atoms with Gasteiger partial charge in [-0.25, -0.2) is 4.98 Å². The van der Waals surface area contributed by atoms with Crippen molar-refractivity contribution < 1.29 is 4.42 Å². The molecular weight excluding hydrogens is 777 g/mol. The Morgan fingerprint density at radius 1 is 0.312 bits per heavy atom. The van der Waals surface area contributed by atoms with Gasteiger partial charge in [0.1, 0.15) is 5.52 Å². The summed E-state index contributed by atoms with van der Waals surface area (Å²) >= 11 is 0. The van der Waals surface area contributed by atoms with Crippen LogP contribution in [0.3, 0.4) is 0 Å². The number of benzene rings is 11. The van der Waals surface area contributed by atoms with Crippen LogP contribution in [0.25, 0.3) is 99.4 Å². The molecule has 64 heavy (non-hydrogen) atoms. The molecule has 0 aliphatic carbocycles. The van der Waals surface area contributed by atoms with E-state index in [2.05, 4.69) is 248 Å². The van der Waals surface area contributed by atoms with Gasteiger partial charge in [0.05, 0.1) is 5.69 Å². The SMILES string of the molecule is c1ccc(-c2ccc(N(c3ccc(-c4ccc5ccccc5c4)cc3)c3ccccc3-c3cccc(-c4cc5nc(-c6ccc7ccccc7c6)oc5c5ccccc45)c3)cc2)cc1. The van der Waals surface area contributed by atoms with Crippen LogP contribution >= 0.6 is 0 Å². The van der Waals surface area contributed by atoms with Crippen LogP contribution in [0.2, 0.25) is 0 Å². The van der Waals surface area contributed by atoms with E-state index in [-0.39, 0.29) is 0 Å². The lowest BCUT2D eigenvalue weighted by atomic mass is 9.93. The van der Waals surface area contributed by atoms with Gasteiger partial charge >= 0.3 is 0 Å². The molecule has 0 aliphatic rings. The zero-order chi connectivity index (χ0) is 42.4. The highest BCUT2D eigenvalue weighted by atomic mass is 16.3. The average molecular weight is 817 g/mol. The molecule has 0 radical (unpaired) electrons. The number of nitrogens with zero attached hydrogens (tertiary/aromatic N) is 2. The molecule has 0 N–H and O–H groups in total. The Kier molecular flexibility index (Phi) is 9.16. The maximum Gasteiger partial charge on any atom is 0.227 e. The Morgan fingerprint density at radius 2 is 0.812 bits per heavy atom. The maximum absolute atomic E-state index is 6.59. The largest absolute Gasteiger partial charge is 0.435 e. The number of oxazole rings is 1. The zero-order valence-electron chi connectivity index (χ0n) is 34.9. The predicted molar refractivity (Wildman–Crippen MR) is 268 cm³/mol. The van der Waals surface area contributed by atoms with Gasteiger partial charge in [-0.2, -0.15) is 0 Å². The lowest BCUT2D eigenvalue weighted by Crippen LogP contribution is -2.11. The zero-order valence-corrected chi connectivity index (χ0v) is 34.9. The molecule has 0 bridgehead atoms. The van der Waals surface area contributed by atoms with Crippen molar-refractivity contribution in [3.05, 3.63) is 243 Å². The van der Waals surface area contributed by atoms with Gasteiger partial charge in [-0.1, -0.05) is 182 Å². The second-order valence-electron chi connectivity index (χ2n) is 16.4. The van der Waals surface area contributed by atoms with Crippen LogP contribution in [0.4, 0.5) is 17.1 Å². The van der Waals surface area contributed by atoms with Gasteiger partial charge < -0.3 is 9.32 Å². The van der Waals surface area contributed by atoms with Crippen LogP contribution in [0.1, 0.15) is 0 Å². The topological polar surface area (TPSA) is 29.3 Å². The first-order valence-electron chi connectivity index (χ1n) is 21.8. The Labute approximate surface area is 371 Å². The summed E-state index contributed by atoms with van der Waals surface area (Å²) in [7, 11) is 0. The summed E-state index contributed by atoms with van der Waals surface area (Å²) in [6.07, 6.45) is 0. The molecule has 0 saturated heterocycles. The van der Waals surface area contributed by atoms with Crippen LogP contribution in [0, 0.1) is 0 Å². The Morgan fingerprint density at radius 3 is 1.52 bits per heavy atom. The van der Waals surface area contributed by atoms with Crippen molar-refractivity contribution in [3.8, 4) is 56.0 Å². The molecule has 300 valence electrons. The van der Waals surface area contributed by atoms with E-state index in [9.17, 15) is 0 Å². The third kappa shape index (κ3) is 6.77. The molecule has 0 amide bonds. The highest BCUT2D eigenvalue weighted by Crippen LogP contribution is 2.44. The quantitative estimate of drug-likeness (QED) is 0.153. The van der Waals surface area contributed by atoms with Gasteiger partial charge in [-0.05, 0) is 127 Å². The van der Waals surface area contributed by atoms with Crippen LogP contribution in [-0.2, 0) is 0 Å². The third-order valence-electron chi connectivity index (χ3n) is 12.5. The van der Waals surface area contributed by atoms with E-state index < -0.39 is 0 Å². The summed E-state index contributed by atoms with van der Waals surface area (Å²) < 4.78 is 6.59. The molecule has 3 nitrogen and oxygen atoms in total. The van der Waals surface area contributed by atoms with E-state index in [4.69, 9.17) is 9.40 Å². The first-order chi connectivity index (χ1) is 31.7. The fourth-order valence-corrected chi connectivity index (χ4v) is 9.24. The minimum atomic E-state index is 0.618. The number of hydrogen-bond acceptors (Lipinski definition) is 3. The van der Waals surface area contributed by atoms with Crippen molar-refractivity contribution in [1.29, 1.82) is 0 Å². The summed E-state index contributed by atoms with van der Waals surface area (Å²) in [6.45, 7) is 0. The van der Waals surface area contributed by atoms with E-state index in [0.29, 0.717) is 5.89 Å². The van der Waals surface area contributed by atoms with E-state index in [0.717, 1.165) is 72.1 Å². The smallest absolute Gasteiger partial charge is 0.227 e. The molecule has 0 spiro atoms. The number of aromatic nitrogens is 1. The summed E-state index contributed by atoms with van der Waals surface area (Å²) in [6, 6.07) is 86.8.